The summed E-state index contributed by atoms with van der Waals surface area (Å²) in [5.41, 5.74) is 3.15. The molecule has 1 heterocycles. The molecule has 1 spiro atoms. The maximum atomic E-state index is 12.4. The number of fused-ring (bicyclic) bond motifs is 3. The number of allylic oxidation sites excluding steroid dienone is 1. The number of aromatic carboxylic acids is 1. The van der Waals surface area contributed by atoms with E-state index in [1.807, 2.05) is 12.1 Å². The Hall–Kier alpha value is -2.41. The van der Waals surface area contributed by atoms with E-state index in [2.05, 4.69) is 50.9 Å². The highest BCUT2D eigenvalue weighted by molar-refractivity contribution is 7.89. The number of nitrogens with two attached hydrogens (primary N) is 1. The number of hydrogen-bond donors (Lipinski definition) is 3. The van der Waals surface area contributed by atoms with Crippen molar-refractivity contribution in [1.29, 1.82) is 0 Å². The van der Waals surface area contributed by atoms with Crippen molar-refractivity contribution in [2.75, 3.05) is 31.2 Å². The van der Waals surface area contributed by atoms with E-state index in [9.17, 15) is 23.4 Å². The van der Waals surface area contributed by atoms with E-state index in [0.29, 0.717) is 31.9 Å². The Labute approximate surface area is 304 Å². The zero-order chi connectivity index (χ0) is 36.6. The molecule has 1 fully saturated rings. The van der Waals surface area contributed by atoms with E-state index in [-0.39, 0.29) is 40.4 Å². The van der Waals surface area contributed by atoms with Crippen molar-refractivity contribution in [3.63, 3.8) is 0 Å². The zero-order valence-corrected chi connectivity index (χ0v) is 32.9. The van der Waals surface area contributed by atoms with Crippen molar-refractivity contribution >= 4 is 41.6 Å². The van der Waals surface area contributed by atoms with Gasteiger partial charge >= 0.3 is 5.97 Å². The standard InChI is InChI=1S/C38H55ClN2O7SSi/c1-25(49(40,45)46)29(22-48-50(5,6)37(2,3)4)9-7-11-34(42)31-15-12-28(31)21-41-23-38(18-8-10-26-19-30(39)14-16-32(26)38)24-47-35-17-13-27(36(43)44)20-33(35)41/h7,11,13-14,16-17,19-20,25,28-29,31,34,42H,8-10,12,15,18,21-24H2,1-6H3,(H,43,44)(H2,40,45,46)/b11-7+/t25?,28-,29?,31+,34?,38-/m0/s1. The SMILES string of the molecule is CC(C(C/C=C/C(O)[C@@H]1CC[C@H]1CN1C[C@@]2(CCCc3cc(Cl)ccc32)COc2ccc(C(=O)O)cc21)CO[Si](C)(C)C(C)(C)C)S(N)(=O)=O. The second-order valence-corrected chi connectivity index (χ2v) is 23.5. The number of halogens is 1. The lowest BCUT2D eigenvalue weighted by Gasteiger charge is -2.45. The molecule has 0 amide bonds. The summed E-state index contributed by atoms with van der Waals surface area (Å²) in [5, 5.41) is 26.8. The van der Waals surface area contributed by atoms with Crippen molar-refractivity contribution in [1.82, 2.24) is 0 Å². The summed E-state index contributed by atoms with van der Waals surface area (Å²) in [6, 6.07) is 11.2. The van der Waals surface area contributed by atoms with Crippen LogP contribution in [-0.2, 0) is 26.3 Å². The molecule has 6 atom stereocenters. The summed E-state index contributed by atoms with van der Waals surface area (Å²) < 4.78 is 37.6. The van der Waals surface area contributed by atoms with Crippen LogP contribution in [0, 0.1) is 17.8 Å². The molecule has 0 saturated heterocycles. The van der Waals surface area contributed by atoms with Gasteiger partial charge < -0.3 is 24.3 Å². The van der Waals surface area contributed by atoms with Crippen LogP contribution in [0.4, 0.5) is 5.69 Å². The number of aryl methyl sites for hydroxylation is 1. The quantitative estimate of drug-likeness (QED) is 0.154. The number of carbonyl (C=O) groups is 1. The Bertz CT molecular complexity index is 1690. The first-order valence-electron chi connectivity index (χ1n) is 17.9. The van der Waals surface area contributed by atoms with E-state index in [0.717, 1.165) is 42.8 Å². The maximum absolute atomic E-state index is 12.4. The van der Waals surface area contributed by atoms with Crippen LogP contribution in [0.2, 0.25) is 23.2 Å². The number of rotatable bonds is 12. The lowest BCUT2D eigenvalue weighted by atomic mass is 9.68. The van der Waals surface area contributed by atoms with Crippen molar-refractivity contribution in [3.8, 4) is 5.75 Å². The monoisotopic (exact) mass is 746 g/mol. The molecule has 2 aliphatic carbocycles. The van der Waals surface area contributed by atoms with Gasteiger partial charge in [0.05, 0.1) is 29.2 Å². The summed E-state index contributed by atoms with van der Waals surface area (Å²) in [7, 11) is -5.90. The number of ether oxygens (including phenoxy) is 1. The topological polar surface area (TPSA) is 139 Å². The van der Waals surface area contributed by atoms with Gasteiger partial charge in [-0.15, -0.1) is 0 Å². The number of nitrogens with zero attached hydrogens (tertiary/aromatic N) is 1. The second-order valence-electron chi connectivity index (χ2n) is 16.4. The van der Waals surface area contributed by atoms with Crippen LogP contribution in [0.15, 0.2) is 48.6 Å². The summed E-state index contributed by atoms with van der Waals surface area (Å²) in [6.07, 6.45) is 8.09. The number of carboxylic acid groups (broad SMARTS) is 1. The van der Waals surface area contributed by atoms with Gasteiger partial charge in [-0.25, -0.2) is 18.4 Å². The molecule has 12 heteroatoms. The fourth-order valence-electron chi connectivity index (χ4n) is 7.53. The Kier molecular flexibility index (Phi) is 11.6. The number of aliphatic hydroxyl groups excluding tert-OH is 1. The molecule has 50 heavy (non-hydrogen) atoms. The van der Waals surface area contributed by atoms with Crippen LogP contribution in [0.5, 0.6) is 5.75 Å². The Morgan fingerprint density at radius 2 is 1.96 bits per heavy atom. The number of anilines is 1. The molecule has 276 valence electrons. The fraction of sp³-hybridized carbons (Fsp3) is 0.605. The summed E-state index contributed by atoms with van der Waals surface area (Å²) >= 11 is 6.40. The summed E-state index contributed by atoms with van der Waals surface area (Å²) in [4.78, 5) is 14.3. The van der Waals surface area contributed by atoms with Gasteiger partial charge in [0, 0.05) is 36.1 Å². The summed E-state index contributed by atoms with van der Waals surface area (Å²) in [6.45, 7) is 14.4. The van der Waals surface area contributed by atoms with Crippen LogP contribution >= 0.6 is 11.6 Å². The molecule has 0 radical (unpaired) electrons. The minimum atomic E-state index is -3.78. The van der Waals surface area contributed by atoms with Gasteiger partial charge in [-0.05, 0) is 117 Å². The number of carboxylic acids is 1. The van der Waals surface area contributed by atoms with E-state index < -0.39 is 35.7 Å². The predicted molar refractivity (Wildman–Crippen MR) is 202 cm³/mol. The van der Waals surface area contributed by atoms with E-state index >= 15 is 0 Å². The van der Waals surface area contributed by atoms with E-state index in [1.54, 1.807) is 31.2 Å². The normalized spacial score (nSPS) is 24.5. The first kappa shape index (κ1) is 38.8. The molecule has 0 bridgehead atoms. The lowest BCUT2D eigenvalue weighted by Crippen LogP contribution is -2.49. The molecule has 1 saturated carbocycles. The van der Waals surface area contributed by atoms with Gasteiger partial charge in [-0.3, -0.25) is 0 Å². The number of benzene rings is 2. The van der Waals surface area contributed by atoms with Gasteiger partial charge in [0.1, 0.15) is 5.75 Å². The molecule has 5 rings (SSSR count). The highest BCUT2D eigenvalue weighted by Gasteiger charge is 2.44. The smallest absolute Gasteiger partial charge is 0.335 e. The first-order chi connectivity index (χ1) is 23.3. The summed E-state index contributed by atoms with van der Waals surface area (Å²) in [5.74, 6) is -0.496. The van der Waals surface area contributed by atoms with Crippen molar-refractivity contribution in [3.05, 3.63) is 70.3 Å². The zero-order valence-electron chi connectivity index (χ0n) is 30.3. The van der Waals surface area contributed by atoms with E-state index in [1.165, 1.54) is 11.1 Å². The Morgan fingerprint density at radius 3 is 2.60 bits per heavy atom. The molecule has 0 aromatic heterocycles. The molecule has 9 nitrogen and oxygen atoms in total. The number of hydrogen-bond acceptors (Lipinski definition) is 7. The molecule has 2 aromatic carbocycles. The fourth-order valence-corrected chi connectivity index (χ4v) is 9.52. The Morgan fingerprint density at radius 1 is 1.22 bits per heavy atom. The van der Waals surface area contributed by atoms with Crippen molar-refractivity contribution in [2.24, 2.45) is 22.9 Å². The first-order valence-corrected chi connectivity index (χ1v) is 22.8. The molecular formula is C38H55ClN2O7SSi. The minimum Gasteiger partial charge on any atom is -0.490 e. The number of aliphatic hydroxyl groups is 1. The third-order valence-electron chi connectivity index (χ3n) is 12.1. The molecule has 4 N–H and O–H groups in total. The number of sulfonamides is 1. The molecular weight excluding hydrogens is 692 g/mol. The largest absolute Gasteiger partial charge is 0.490 e. The van der Waals surface area contributed by atoms with Crippen molar-refractivity contribution in [2.45, 2.75) is 101 Å². The van der Waals surface area contributed by atoms with Crippen LogP contribution in [0.25, 0.3) is 0 Å². The lowest BCUT2D eigenvalue weighted by molar-refractivity contribution is 0.0455. The van der Waals surface area contributed by atoms with Gasteiger partial charge in [0.15, 0.2) is 8.32 Å². The van der Waals surface area contributed by atoms with Crippen LogP contribution in [0.1, 0.15) is 81.3 Å². The molecule has 3 aliphatic rings. The van der Waals surface area contributed by atoms with E-state index in [4.69, 9.17) is 25.9 Å². The molecule has 3 unspecified atom stereocenters. The van der Waals surface area contributed by atoms with Crippen LogP contribution < -0.4 is 14.8 Å². The van der Waals surface area contributed by atoms with Gasteiger partial charge in [-0.2, -0.15) is 0 Å². The third-order valence-corrected chi connectivity index (χ3v) is 18.2. The minimum absolute atomic E-state index is 0.00697. The highest BCUT2D eigenvalue weighted by Crippen LogP contribution is 2.47. The van der Waals surface area contributed by atoms with Gasteiger partial charge in [0.2, 0.25) is 10.0 Å². The maximum Gasteiger partial charge on any atom is 0.335 e. The average molecular weight is 747 g/mol. The predicted octanol–water partition coefficient (Wildman–Crippen LogP) is 7.16. The molecule has 1 aliphatic heterocycles. The number of primary sulfonamides is 1. The van der Waals surface area contributed by atoms with Gasteiger partial charge in [-0.1, -0.05) is 50.6 Å². The van der Waals surface area contributed by atoms with Crippen LogP contribution in [0.3, 0.4) is 0 Å². The van der Waals surface area contributed by atoms with Crippen molar-refractivity contribution < 1.29 is 32.6 Å². The Balaban J connectivity index is 1.34. The van der Waals surface area contributed by atoms with Crippen LogP contribution in [-0.4, -0.2) is 70.6 Å². The van der Waals surface area contributed by atoms with Gasteiger partial charge in [0.25, 0.3) is 0 Å². The average Bonchev–Trinajstić information content (AvgIpc) is 3.16. The highest BCUT2D eigenvalue weighted by atomic mass is 35.5. The second kappa shape index (κ2) is 14.9. The molecule has 2 aromatic rings. The third kappa shape index (κ3) is 8.45.